The molecule has 0 radical (unpaired) electrons. The molecular formula is C13H26O3. The summed E-state index contributed by atoms with van der Waals surface area (Å²) in [5, 5.41) is 0. The maximum atomic E-state index is 12.2. The second kappa shape index (κ2) is 7.02. The largest absolute Gasteiger partial charge is 0.385 e. The van der Waals surface area contributed by atoms with E-state index < -0.39 is 0 Å². The van der Waals surface area contributed by atoms with Gasteiger partial charge in [-0.1, -0.05) is 27.7 Å². The Morgan fingerprint density at radius 2 is 1.88 bits per heavy atom. The Morgan fingerprint density at radius 1 is 1.31 bits per heavy atom. The zero-order chi connectivity index (χ0) is 12.8. The van der Waals surface area contributed by atoms with E-state index >= 15 is 0 Å². The number of carbonyl (C=O) groups excluding carboxylic acids is 1. The summed E-state index contributed by atoms with van der Waals surface area (Å²) in [5.41, 5.74) is -0.144. The molecule has 3 heteroatoms. The van der Waals surface area contributed by atoms with E-state index in [1.165, 1.54) is 0 Å². The molecule has 0 aliphatic heterocycles. The lowest BCUT2D eigenvalue weighted by Gasteiger charge is -2.31. The lowest BCUT2D eigenvalue weighted by molar-refractivity contribution is -0.141. The molecule has 0 rings (SSSR count). The van der Waals surface area contributed by atoms with Crippen molar-refractivity contribution in [1.29, 1.82) is 0 Å². The first-order valence-electron chi connectivity index (χ1n) is 5.98. The Balaban J connectivity index is 4.49. The van der Waals surface area contributed by atoms with Crippen molar-refractivity contribution in [3.63, 3.8) is 0 Å². The van der Waals surface area contributed by atoms with Crippen LogP contribution in [0.15, 0.2) is 0 Å². The molecule has 0 aromatic heterocycles. The van der Waals surface area contributed by atoms with E-state index in [0.29, 0.717) is 13.2 Å². The fourth-order valence-electron chi connectivity index (χ4n) is 1.62. The van der Waals surface area contributed by atoms with Crippen LogP contribution >= 0.6 is 0 Å². The van der Waals surface area contributed by atoms with Gasteiger partial charge in [0, 0.05) is 26.2 Å². The van der Waals surface area contributed by atoms with Crippen LogP contribution in [-0.2, 0) is 14.3 Å². The lowest BCUT2D eigenvalue weighted by Crippen LogP contribution is -2.40. The summed E-state index contributed by atoms with van der Waals surface area (Å²) in [4.78, 5) is 12.2. The molecule has 3 nitrogen and oxygen atoms in total. The van der Waals surface area contributed by atoms with Gasteiger partial charge in [0.1, 0.15) is 6.10 Å². The van der Waals surface area contributed by atoms with Gasteiger partial charge >= 0.3 is 0 Å². The van der Waals surface area contributed by atoms with Gasteiger partial charge in [0.2, 0.25) is 0 Å². The number of ketones is 1. The fraction of sp³-hybridized carbons (Fsp3) is 0.923. The van der Waals surface area contributed by atoms with E-state index in [1.54, 1.807) is 7.11 Å². The summed E-state index contributed by atoms with van der Waals surface area (Å²) >= 11 is 0. The monoisotopic (exact) mass is 230 g/mol. The van der Waals surface area contributed by atoms with Gasteiger partial charge in [-0.05, 0) is 18.8 Å². The van der Waals surface area contributed by atoms with Crippen molar-refractivity contribution < 1.29 is 14.3 Å². The smallest absolute Gasteiger partial charge is 0.164 e. The standard InChI is InChI=1S/C13H26O3/c1-7-16-12(13(3,4)5)11(14)10(2)8-9-15-6/h10,12H,7-9H2,1-6H3. The van der Waals surface area contributed by atoms with Crippen LogP contribution in [0.4, 0.5) is 0 Å². The zero-order valence-corrected chi connectivity index (χ0v) is 11.5. The predicted molar refractivity (Wildman–Crippen MR) is 65.5 cm³/mol. The molecule has 0 saturated carbocycles. The molecule has 0 fully saturated rings. The Bertz CT molecular complexity index is 206. The van der Waals surface area contributed by atoms with Crippen molar-refractivity contribution in [1.82, 2.24) is 0 Å². The number of carbonyl (C=O) groups is 1. The molecule has 0 aromatic rings. The van der Waals surface area contributed by atoms with Crippen molar-refractivity contribution in [2.45, 2.75) is 47.1 Å². The van der Waals surface area contributed by atoms with Crippen molar-refractivity contribution in [3.05, 3.63) is 0 Å². The van der Waals surface area contributed by atoms with E-state index in [0.717, 1.165) is 6.42 Å². The number of Topliss-reactive ketones (excluding diaryl/α,β-unsaturated/α-hetero) is 1. The molecule has 96 valence electrons. The lowest BCUT2D eigenvalue weighted by atomic mass is 9.82. The molecule has 0 N–H and O–H groups in total. The van der Waals surface area contributed by atoms with E-state index in [4.69, 9.17) is 9.47 Å². The van der Waals surface area contributed by atoms with Gasteiger partial charge in [-0.15, -0.1) is 0 Å². The summed E-state index contributed by atoms with van der Waals surface area (Å²) in [6, 6.07) is 0. The van der Waals surface area contributed by atoms with Gasteiger partial charge in [-0.3, -0.25) is 4.79 Å². The molecule has 0 heterocycles. The van der Waals surface area contributed by atoms with Crippen molar-refractivity contribution >= 4 is 5.78 Å². The Hall–Kier alpha value is -0.410. The first-order chi connectivity index (χ1) is 7.34. The molecule has 0 bridgehead atoms. The van der Waals surface area contributed by atoms with Crippen LogP contribution in [0.2, 0.25) is 0 Å². The summed E-state index contributed by atoms with van der Waals surface area (Å²) in [5.74, 6) is 0.183. The Labute approximate surface area is 99.5 Å². The predicted octanol–water partition coefficient (Wildman–Crippen LogP) is 2.68. The highest BCUT2D eigenvalue weighted by atomic mass is 16.5. The highest BCUT2D eigenvalue weighted by Gasteiger charge is 2.34. The average molecular weight is 230 g/mol. The van der Waals surface area contributed by atoms with Crippen LogP contribution in [0, 0.1) is 11.3 Å². The van der Waals surface area contributed by atoms with Crippen LogP contribution in [0.1, 0.15) is 41.0 Å². The van der Waals surface area contributed by atoms with Crippen molar-refractivity contribution in [3.8, 4) is 0 Å². The van der Waals surface area contributed by atoms with Crippen molar-refractivity contribution in [2.24, 2.45) is 11.3 Å². The Morgan fingerprint density at radius 3 is 2.25 bits per heavy atom. The van der Waals surface area contributed by atoms with Crippen LogP contribution in [-0.4, -0.2) is 32.2 Å². The molecule has 0 amide bonds. The quantitative estimate of drug-likeness (QED) is 0.674. The highest BCUT2D eigenvalue weighted by molar-refractivity contribution is 5.85. The molecule has 0 aliphatic carbocycles. The van der Waals surface area contributed by atoms with Gasteiger partial charge in [-0.2, -0.15) is 0 Å². The van der Waals surface area contributed by atoms with E-state index in [9.17, 15) is 4.79 Å². The van der Waals surface area contributed by atoms with Crippen LogP contribution in [0.25, 0.3) is 0 Å². The number of ether oxygens (including phenoxy) is 2. The first-order valence-corrected chi connectivity index (χ1v) is 5.98. The third-order valence-electron chi connectivity index (χ3n) is 2.62. The van der Waals surface area contributed by atoms with Crippen LogP contribution in [0.3, 0.4) is 0 Å². The number of rotatable bonds is 7. The topological polar surface area (TPSA) is 35.5 Å². The maximum absolute atomic E-state index is 12.2. The van der Waals surface area contributed by atoms with E-state index in [-0.39, 0.29) is 23.2 Å². The molecule has 2 unspecified atom stereocenters. The third-order valence-corrected chi connectivity index (χ3v) is 2.62. The molecule has 2 atom stereocenters. The summed E-state index contributed by atoms with van der Waals surface area (Å²) in [6.07, 6.45) is 0.444. The molecule has 0 aromatic carbocycles. The zero-order valence-electron chi connectivity index (χ0n) is 11.5. The van der Waals surface area contributed by atoms with E-state index in [2.05, 4.69) is 0 Å². The van der Waals surface area contributed by atoms with Gasteiger partial charge in [0.15, 0.2) is 5.78 Å². The molecular weight excluding hydrogens is 204 g/mol. The van der Waals surface area contributed by atoms with Gasteiger partial charge < -0.3 is 9.47 Å². The highest BCUT2D eigenvalue weighted by Crippen LogP contribution is 2.26. The SMILES string of the molecule is CCOC(C(=O)C(C)CCOC)C(C)(C)C. The third kappa shape index (κ3) is 5.08. The minimum absolute atomic E-state index is 0.00396. The van der Waals surface area contributed by atoms with Crippen LogP contribution in [0.5, 0.6) is 0 Å². The molecule has 0 aliphatic rings. The number of methoxy groups -OCH3 is 1. The first kappa shape index (κ1) is 15.6. The van der Waals surface area contributed by atoms with Gasteiger partial charge in [0.25, 0.3) is 0 Å². The minimum Gasteiger partial charge on any atom is -0.385 e. The normalized spacial score (nSPS) is 15.9. The molecule has 0 spiro atoms. The second-order valence-electron chi connectivity index (χ2n) is 5.29. The summed E-state index contributed by atoms with van der Waals surface area (Å²) in [7, 11) is 1.65. The fourth-order valence-corrected chi connectivity index (χ4v) is 1.62. The maximum Gasteiger partial charge on any atom is 0.164 e. The molecule has 16 heavy (non-hydrogen) atoms. The Kier molecular flexibility index (Phi) is 6.84. The minimum atomic E-state index is -0.315. The van der Waals surface area contributed by atoms with Gasteiger partial charge in [0.05, 0.1) is 0 Å². The summed E-state index contributed by atoms with van der Waals surface area (Å²) < 4.78 is 10.6. The summed E-state index contributed by atoms with van der Waals surface area (Å²) in [6.45, 7) is 11.2. The number of hydrogen-bond donors (Lipinski definition) is 0. The number of hydrogen-bond acceptors (Lipinski definition) is 3. The second-order valence-corrected chi connectivity index (χ2v) is 5.29. The van der Waals surface area contributed by atoms with E-state index in [1.807, 2.05) is 34.6 Å². The van der Waals surface area contributed by atoms with Crippen LogP contribution < -0.4 is 0 Å². The van der Waals surface area contributed by atoms with Gasteiger partial charge in [-0.25, -0.2) is 0 Å². The average Bonchev–Trinajstić information content (AvgIpc) is 2.19. The molecule has 0 saturated heterocycles. The van der Waals surface area contributed by atoms with Crippen molar-refractivity contribution in [2.75, 3.05) is 20.3 Å².